The Kier molecular flexibility index (Phi) is 4.09. The predicted octanol–water partition coefficient (Wildman–Crippen LogP) is 2.51. The molecule has 0 bridgehead atoms. The van der Waals surface area contributed by atoms with Crippen molar-refractivity contribution in [3.8, 4) is 0 Å². The summed E-state index contributed by atoms with van der Waals surface area (Å²) in [5.74, 6) is 0. The van der Waals surface area contributed by atoms with Crippen LogP contribution in [0.25, 0.3) is 0 Å². The Morgan fingerprint density at radius 1 is 1.60 bits per heavy atom. The van der Waals surface area contributed by atoms with Crippen molar-refractivity contribution in [2.45, 2.75) is 37.5 Å². The third-order valence-corrected chi connectivity index (χ3v) is 3.41. The van der Waals surface area contributed by atoms with Crippen molar-refractivity contribution < 1.29 is 9.50 Å². The molecule has 2 atom stereocenters. The second kappa shape index (κ2) is 3.85. The van der Waals surface area contributed by atoms with Crippen LogP contribution in [0.15, 0.2) is 0 Å². The second-order valence-corrected chi connectivity index (χ2v) is 4.14. The van der Waals surface area contributed by atoms with E-state index < -0.39 is 15.7 Å². The monoisotopic (exact) mass is 260 g/mol. The van der Waals surface area contributed by atoms with Gasteiger partial charge < -0.3 is 5.11 Å². The van der Waals surface area contributed by atoms with E-state index in [0.29, 0.717) is 6.42 Å². The molecule has 0 saturated carbocycles. The molecule has 0 fully saturated rings. The van der Waals surface area contributed by atoms with Gasteiger partial charge in [0.05, 0.1) is 6.10 Å². The van der Waals surface area contributed by atoms with Gasteiger partial charge >= 0.3 is 0 Å². The average Bonchev–Trinajstić information content (AvgIpc) is 1.86. The highest BCUT2D eigenvalue weighted by Crippen LogP contribution is 2.33. The smallest absolute Gasteiger partial charge is 0.158 e. The fraction of sp³-hybridized carbons (Fsp3) is 1.00. The molecule has 0 aromatic carbocycles. The first-order valence-electron chi connectivity index (χ1n) is 3.39. The van der Waals surface area contributed by atoms with Crippen LogP contribution in [0.3, 0.4) is 0 Å². The standard InChI is InChI=1S/C7H14FIO/c1-4-5(10)7(2,3)6(8)9/h5-6,10H,4H2,1-3H3. The fourth-order valence-electron chi connectivity index (χ4n) is 0.672. The molecule has 0 aromatic heterocycles. The van der Waals surface area contributed by atoms with E-state index in [1.807, 2.05) is 6.92 Å². The van der Waals surface area contributed by atoms with Gasteiger partial charge in [-0.1, -0.05) is 20.8 Å². The van der Waals surface area contributed by atoms with Crippen molar-refractivity contribution >= 4 is 22.6 Å². The van der Waals surface area contributed by atoms with Crippen LogP contribution in [0.2, 0.25) is 0 Å². The molecule has 0 radical (unpaired) electrons. The summed E-state index contributed by atoms with van der Waals surface area (Å²) in [5, 5.41) is 9.31. The van der Waals surface area contributed by atoms with E-state index in [9.17, 15) is 9.50 Å². The second-order valence-electron chi connectivity index (χ2n) is 3.05. The SMILES string of the molecule is CCC(O)C(C)(C)C(F)I. The zero-order valence-electron chi connectivity index (χ0n) is 6.56. The van der Waals surface area contributed by atoms with Gasteiger partial charge in [0.25, 0.3) is 0 Å². The molecule has 0 aliphatic heterocycles. The van der Waals surface area contributed by atoms with Crippen LogP contribution in [-0.2, 0) is 0 Å². The Morgan fingerprint density at radius 2 is 2.00 bits per heavy atom. The number of hydrogen-bond acceptors (Lipinski definition) is 1. The normalized spacial score (nSPS) is 18.6. The Bertz CT molecular complexity index is 104. The molecular formula is C7H14FIO. The van der Waals surface area contributed by atoms with Crippen molar-refractivity contribution in [3.05, 3.63) is 0 Å². The molecule has 0 amide bonds. The lowest BCUT2D eigenvalue weighted by molar-refractivity contribution is 0.0235. The molecule has 0 spiro atoms. The maximum atomic E-state index is 12.7. The van der Waals surface area contributed by atoms with Gasteiger partial charge in [-0.25, -0.2) is 4.39 Å². The molecule has 0 rings (SSSR count). The fourth-order valence-corrected chi connectivity index (χ4v) is 1.09. The predicted molar refractivity (Wildman–Crippen MR) is 49.0 cm³/mol. The van der Waals surface area contributed by atoms with Gasteiger partial charge in [0.1, 0.15) is 0 Å². The molecule has 62 valence electrons. The third kappa shape index (κ3) is 2.34. The first kappa shape index (κ1) is 10.6. The lowest BCUT2D eigenvalue weighted by Crippen LogP contribution is -2.34. The van der Waals surface area contributed by atoms with Gasteiger partial charge in [-0.2, -0.15) is 0 Å². The van der Waals surface area contributed by atoms with Gasteiger partial charge in [0.2, 0.25) is 0 Å². The highest BCUT2D eigenvalue weighted by atomic mass is 127. The first-order chi connectivity index (χ1) is 4.42. The Morgan fingerprint density at radius 3 is 2.10 bits per heavy atom. The maximum Gasteiger partial charge on any atom is 0.158 e. The van der Waals surface area contributed by atoms with Crippen LogP contribution in [0.5, 0.6) is 0 Å². The average molecular weight is 260 g/mol. The van der Waals surface area contributed by atoms with E-state index in [1.54, 1.807) is 36.4 Å². The summed E-state index contributed by atoms with van der Waals surface area (Å²) in [7, 11) is 0. The van der Waals surface area contributed by atoms with Crippen molar-refractivity contribution in [1.29, 1.82) is 0 Å². The molecule has 1 N–H and O–H groups in total. The Balaban J connectivity index is 4.09. The minimum atomic E-state index is -0.986. The molecular weight excluding hydrogens is 246 g/mol. The molecule has 10 heavy (non-hydrogen) atoms. The van der Waals surface area contributed by atoms with Gasteiger partial charge in [-0.05, 0) is 29.0 Å². The molecule has 0 aromatic rings. The number of hydrogen-bond donors (Lipinski definition) is 1. The summed E-state index contributed by atoms with van der Waals surface area (Å²) >= 11 is 1.70. The Hall–Kier alpha value is 0.620. The largest absolute Gasteiger partial charge is 0.392 e. The molecule has 0 aliphatic rings. The highest BCUT2D eigenvalue weighted by molar-refractivity contribution is 14.1. The lowest BCUT2D eigenvalue weighted by atomic mass is 9.87. The summed E-state index contributed by atoms with van der Waals surface area (Å²) in [4.78, 5) is 0. The summed E-state index contributed by atoms with van der Waals surface area (Å²) in [5.41, 5.74) is -0.616. The highest BCUT2D eigenvalue weighted by Gasteiger charge is 2.33. The zero-order chi connectivity index (χ0) is 8.36. The topological polar surface area (TPSA) is 20.2 Å². The van der Waals surface area contributed by atoms with Gasteiger partial charge in [-0.3, -0.25) is 0 Å². The van der Waals surface area contributed by atoms with Crippen LogP contribution < -0.4 is 0 Å². The summed E-state index contributed by atoms with van der Waals surface area (Å²) in [6.07, 6.45) is 0.0653. The van der Waals surface area contributed by atoms with E-state index in [0.717, 1.165) is 0 Å². The molecule has 0 heterocycles. The third-order valence-electron chi connectivity index (χ3n) is 1.81. The number of halogens is 2. The molecule has 0 aliphatic carbocycles. The minimum Gasteiger partial charge on any atom is -0.392 e. The molecule has 0 saturated heterocycles. The first-order valence-corrected chi connectivity index (χ1v) is 4.63. The van der Waals surface area contributed by atoms with E-state index >= 15 is 0 Å². The minimum absolute atomic E-state index is 0.542. The van der Waals surface area contributed by atoms with E-state index in [-0.39, 0.29) is 0 Å². The van der Waals surface area contributed by atoms with Crippen molar-refractivity contribution in [2.24, 2.45) is 5.41 Å². The van der Waals surface area contributed by atoms with Crippen molar-refractivity contribution in [1.82, 2.24) is 0 Å². The van der Waals surface area contributed by atoms with Crippen LogP contribution in [-0.4, -0.2) is 15.4 Å². The Labute approximate surface area is 75.2 Å². The maximum absolute atomic E-state index is 12.7. The number of alkyl halides is 2. The van der Waals surface area contributed by atoms with E-state index in [4.69, 9.17) is 0 Å². The van der Waals surface area contributed by atoms with Gasteiger partial charge in [0, 0.05) is 5.41 Å². The summed E-state index contributed by atoms with van der Waals surface area (Å²) in [6.45, 7) is 5.32. The van der Waals surface area contributed by atoms with Crippen LogP contribution in [0, 0.1) is 5.41 Å². The molecule has 1 nitrogen and oxygen atoms in total. The van der Waals surface area contributed by atoms with Crippen LogP contribution in [0.1, 0.15) is 27.2 Å². The van der Waals surface area contributed by atoms with E-state index in [2.05, 4.69) is 0 Å². The van der Waals surface area contributed by atoms with E-state index in [1.165, 1.54) is 0 Å². The van der Waals surface area contributed by atoms with Crippen molar-refractivity contribution in [2.75, 3.05) is 0 Å². The van der Waals surface area contributed by atoms with Crippen LogP contribution in [0.4, 0.5) is 4.39 Å². The quantitative estimate of drug-likeness (QED) is 0.610. The van der Waals surface area contributed by atoms with Crippen molar-refractivity contribution in [3.63, 3.8) is 0 Å². The summed E-state index contributed by atoms with van der Waals surface area (Å²) in [6, 6.07) is 0. The number of aliphatic hydroxyl groups excluding tert-OH is 1. The molecule has 2 unspecified atom stereocenters. The van der Waals surface area contributed by atoms with Crippen LogP contribution >= 0.6 is 22.6 Å². The summed E-state index contributed by atoms with van der Waals surface area (Å²) < 4.78 is 11.8. The lowest BCUT2D eigenvalue weighted by Gasteiger charge is -2.29. The number of rotatable bonds is 3. The number of aliphatic hydroxyl groups is 1. The molecule has 3 heteroatoms. The van der Waals surface area contributed by atoms with Gasteiger partial charge in [-0.15, -0.1) is 0 Å². The van der Waals surface area contributed by atoms with Gasteiger partial charge in [0.15, 0.2) is 4.18 Å². The zero-order valence-corrected chi connectivity index (χ0v) is 8.72.